The number of aromatic hydroxyl groups is 2. The van der Waals surface area contributed by atoms with Gasteiger partial charge in [-0.15, -0.1) is 0 Å². The number of hydrogen-bond donors (Lipinski definition) is 2. The highest BCUT2D eigenvalue weighted by Crippen LogP contribution is 2.39. The van der Waals surface area contributed by atoms with Crippen molar-refractivity contribution in [2.75, 3.05) is 0 Å². The van der Waals surface area contributed by atoms with Gasteiger partial charge in [0.05, 0.1) is 6.26 Å². The molecule has 0 radical (unpaired) electrons. The Morgan fingerprint density at radius 2 is 1.26 bits per heavy atom. The lowest BCUT2D eigenvalue weighted by molar-refractivity contribution is 0.438. The minimum Gasteiger partial charge on any atom is -0.507 e. The molecule has 154 valence electrons. The van der Waals surface area contributed by atoms with Gasteiger partial charge in [0, 0.05) is 17.2 Å². The fourth-order valence-corrected chi connectivity index (χ4v) is 3.55. The van der Waals surface area contributed by atoms with Crippen LogP contribution in [0.1, 0.15) is 22.3 Å². The maximum absolute atomic E-state index is 12.5. The predicted octanol–water partition coefficient (Wildman–Crippen LogP) is 5.72. The summed E-state index contributed by atoms with van der Waals surface area (Å²) in [5.74, 6) is -0.301. The number of fused-ring (bicyclic) bond motifs is 1. The van der Waals surface area contributed by atoms with Crippen LogP contribution in [0.15, 0.2) is 94.4 Å². The summed E-state index contributed by atoms with van der Waals surface area (Å²) in [5, 5.41) is 21.8. The highest BCUT2D eigenvalue weighted by molar-refractivity contribution is 5.90. The molecule has 0 saturated heterocycles. The van der Waals surface area contributed by atoms with Gasteiger partial charge >= 0.3 is 0 Å². The van der Waals surface area contributed by atoms with Crippen molar-refractivity contribution in [3.63, 3.8) is 0 Å². The molecule has 4 heteroatoms. The first-order chi connectivity index (χ1) is 15.1. The first kappa shape index (κ1) is 20.2. The minimum atomic E-state index is -0.347. The maximum atomic E-state index is 12.5. The molecule has 31 heavy (non-hydrogen) atoms. The zero-order valence-electron chi connectivity index (χ0n) is 16.9. The van der Waals surface area contributed by atoms with Gasteiger partial charge in [0.25, 0.3) is 0 Å². The second-order valence-electron chi connectivity index (χ2n) is 7.18. The van der Waals surface area contributed by atoms with E-state index in [1.165, 1.54) is 12.3 Å². The SMILES string of the molecule is O=c1ccoc2c(C/C=C/c3ccccc3)c(O)c(C/C=C/c3ccccc3)c(O)c12. The quantitative estimate of drug-likeness (QED) is 0.427. The molecule has 0 aliphatic carbocycles. The molecule has 0 amide bonds. The Morgan fingerprint density at radius 3 is 1.84 bits per heavy atom. The van der Waals surface area contributed by atoms with Crippen LogP contribution in [-0.2, 0) is 12.8 Å². The van der Waals surface area contributed by atoms with Gasteiger partial charge in [-0.2, -0.15) is 0 Å². The van der Waals surface area contributed by atoms with E-state index in [0.717, 1.165) is 11.1 Å². The van der Waals surface area contributed by atoms with E-state index in [0.29, 0.717) is 17.5 Å². The van der Waals surface area contributed by atoms with Gasteiger partial charge in [0.1, 0.15) is 22.5 Å². The second-order valence-corrected chi connectivity index (χ2v) is 7.18. The molecule has 0 fully saturated rings. The van der Waals surface area contributed by atoms with E-state index in [-0.39, 0.29) is 34.3 Å². The van der Waals surface area contributed by atoms with Gasteiger partial charge in [0.15, 0.2) is 5.43 Å². The summed E-state index contributed by atoms with van der Waals surface area (Å²) in [7, 11) is 0. The summed E-state index contributed by atoms with van der Waals surface area (Å²) >= 11 is 0. The van der Waals surface area contributed by atoms with Crippen molar-refractivity contribution in [3.05, 3.63) is 118 Å². The Labute approximate surface area is 180 Å². The van der Waals surface area contributed by atoms with E-state index >= 15 is 0 Å². The van der Waals surface area contributed by atoms with Crippen molar-refractivity contribution in [1.82, 2.24) is 0 Å². The average molecular weight is 410 g/mol. The molecular weight excluding hydrogens is 388 g/mol. The van der Waals surface area contributed by atoms with Crippen LogP contribution in [0.25, 0.3) is 23.1 Å². The van der Waals surface area contributed by atoms with Crippen LogP contribution in [0.4, 0.5) is 0 Å². The molecule has 4 aromatic rings. The van der Waals surface area contributed by atoms with E-state index in [4.69, 9.17) is 4.42 Å². The van der Waals surface area contributed by atoms with Crippen LogP contribution in [0.3, 0.4) is 0 Å². The largest absolute Gasteiger partial charge is 0.507 e. The van der Waals surface area contributed by atoms with E-state index < -0.39 is 0 Å². The van der Waals surface area contributed by atoms with Crippen LogP contribution in [0.5, 0.6) is 11.5 Å². The lowest BCUT2D eigenvalue weighted by Crippen LogP contribution is -2.03. The number of rotatable bonds is 6. The zero-order valence-corrected chi connectivity index (χ0v) is 16.9. The zero-order chi connectivity index (χ0) is 21.6. The Bertz CT molecular complexity index is 1300. The van der Waals surface area contributed by atoms with Crippen LogP contribution in [0, 0.1) is 0 Å². The van der Waals surface area contributed by atoms with E-state index in [2.05, 4.69) is 0 Å². The molecule has 4 rings (SSSR count). The van der Waals surface area contributed by atoms with Gasteiger partial charge in [-0.1, -0.05) is 85.0 Å². The molecule has 2 N–H and O–H groups in total. The monoisotopic (exact) mass is 410 g/mol. The Hall–Kier alpha value is -4.05. The molecule has 0 atom stereocenters. The van der Waals surface area contributed by atoms with Gasteiger partial charge in [-0.05, 0) is 24.0 Å². The van der Waals surface area contributed by atoms with Crippen molar-refractivity contribution >= 4 is 23.1 Å². The summed E-state index contributed by atoms with van der Waals surface area (Å²) in [6, 6.07) is 20.8. The van der Waals surface area contributed by atoms with E-state index in [1.807, 2.05) is 85.0 Å². The minimum absolute atomic E-state index is 0.0604. The summed E-state index contributed by atoms with van der Waals surface area (Å²) in [4.78, 5) is 12.5. The second kappa shape index (κ2) is 9.18. The molecule has 3 aromatic carbocycles. The Morgan fingerprint density at radius 1 is 0.710 bits per heavy atom. The van der Waals surface area contributed by atoms with E-state index in [9.17, 15) is 15.0 Å². The molecule has 4 nitrogen and oxygen atoms in total. The highest BCUT2D eigenvalue weighted by atomic mass is 16.3. The molecule has 0 bridgehead atoms. The predicted molar refractivity (Wildman–Crippen MR) is 124 cm³/mol. The molecule has 0 aliphatic heterocycles. The average Bonchev–Trinajstić information content (AvgIpc) is 2.79. The van der Waals surface area contributed by atoms with Crippen LogP contribution >= 0.6 is 0 Å². The van der Waals surface area contributed by atoms with Crippen molar-refractivity contribution in [2.24, 2.45) is 0 Å². The normalized spacial score (nSPS) is 11.6. The van der Waals surface area contributed by atoms with Crippen molar-refractivity contribution in [2.45, 2.75) is 12.8 Å². The topological polar surface area (TPSA) is 70.7 Å². The standard InChI is InChI=1S/C27H22O4/c28-23-17-18-31-27-22(16-8-14-20-11-5-2-6-12-20)25(29)21(26(30)24(23)27)15-7-13-19-9-3-1-4-10-19/h1-14,17-18,29-30H,15-16H2/b13-7+,14-8+. The van der Waals surface area contributed by atoms with Gasteiger partial charge in [-0.25, -0.2) is 0 Å². The third-order valence-electron chi connectivity index (χ3n) is 5.11. The number of benzene rings is 3. The van der Waals surface area contributed by atoms with Gasteiger partial charge in [0.2, 0.25) is 0 Å². The summed E-state index contributed by atoms with van der Waals surface area (Å²) in [5.41, 5.74) is 2.67. The van der Waals surface area contributed by atoms with Gasteiger partial charge in [-0.3, -0.25) is 4.79 Å². The molecule has 0 unspecified atom stereocenters. The molecule has 0 saturated carbocycles. The molecule has 1 aromatic heterocycles. The Balaban J connectivity index is 1.74. The third-order valence-corrected chi connectivity index (χ3v) is 5.11. The van der Waals surface area contributed by atoms with Crippen LogP contribution < -0.4 is 5.43 Å². The fourth-order valence-electron chi connectivity index (χ4n) is 3.55. The first-order valence-electron chi connectivity index (χ1n) is 10.1. The van der Waals surface area contributed by atoms with Crippen molar-refractivity contribution in [1.29, 1.82) is 0 Å². The number of phenols is 2. The fraction of sp³-hybridized carbons (Fsp3) is 0.0741. The molecule has 0 spiro atoms. The summed E-state index contributed by atoms with van der Waals surface area (Å²) in [6.07, 6.45) is 9.50. The summed E-state index contributed by atoms with van der Waals surface area (Å²) < 4.78 is 5.54. The van der Waals surface area contributed by atoms with Crippen molar-refractivity contribution < 1.29 is 14.6 Å². The van der Waals surface area contributed by atoms with Gasteiger partial charge < -0.3 is 14.6 Å². The summed E-state index contributed by atoms with van der Waals surface area (Å²) in [6.45, 7) is 0. The number of hydrogen-bond acceptors (Lipinski definition) is 4. The molecule has 1 heterocycles. The number of phenolic OH excluding ortho intramolecular Hbond substituents is 2. The third kappa shape index (κ3) is 4.43. The van der Waals surface area contributed by atoms with Crippen LogP contribution in [-0.4, -0.2) is 10.2 Å². The lowest BCUT2D eigenvalue weighted by atomic mass is 9.97. The molecule has 0 aliphatic rings. The smallest absolute Gasteiger partial charge is 0.196 e. The maximum Gasteiger partial charge on any atom is 0.196 e. The van der Waals surface area contributed by atoms with Crippen molar-refractivity contribution in [3.8, 4) is 11.5 Å². The van der Waals surface area contributed by atoms with Crippen LogP contribution in [0.2, 0.25) is 0 Å². The first-order valence-corrected chi connectivity index (χ1v) is 10.1. The number of allylic oxidation sites excluding steroid dienone is 2. The Kier molecular flexibility index (Phi) is 5.99. The van der Waals surface area contributed by atoms with E-state index in [1.54, 1.807) is 0 Å². The molecular formula is C27H22O4. The highest BCUT2D eigenvalue weighted by Gasteiger charge is 2.21. The lowest BCUT2D eigenvalue weighted by Gasteiger charge is -2.13.